The first-order valence-corrected chi connectivity index (χ1v) is 11.0. The molecule has 30 heavy (non-hydrogen) atoms. The summed E-state index contributed by atoms with van der Waals surface area (Å²) in [7, 11) is 0. The first-order chi connectivity index (χ1) is 14.4. The van der Waals surface area contributed by atoms with Crippen LogP contribution in [0.15, 0.2) is 24.3 Å². The molecule has 2 unspecified atom stereocenters. The van der Waals surface area contributed by atoms with E-state index in [1.54, 1.807) is 17.0 Å². The molecule has 1 aromatic carbocycles. The van der Waals surface area contributed by atoms with E-state index >= 15 is 0 Å². The first-order valence-electron chi connectivity index (χ1n) is 11.0. The van der Waals surface area contributed by atoms with Gasteiger partial charge >= 0.3 is 6.03 Å². The molecule has 2 aliphatic rings. The fraction of sp³-hybridized carbons (Fsp3) is 0.609. The summed E-state index contributed by atoms with van der Waals surface area (Å²) >= 11 is 0. The number of benzene rings is 1. The molecular weight excluding hydrogens is 385 g/mol. The number of nitrogens with zero attached hydrogens (tertiary/aromatic N) is 2. The van der Waals surface area contributed by atoms with Crippen LogP contribution in [0.25, 0.3) is 0 Å². The van der Waals surface area contributed by atoms with Gasteiger partial charge in [-0.05, 0) is 42.9 Å². The summed E-state index contributed by atoms with van der Waals surface area (Å²) in [5, 5.41) is 2.90. The van der Waals surface area contributed by atoms with Crippen LogP contribution in [0.4, 0.5) is 9.18 Å². The lowest BCUT2D eigenvalue weighted by atomic mass is 9.73. The predicted octanol–water partition coefficient (Wildman–Crippen LogP) is 3.85. The normalized spacial score (nSPS) is 23.7. The molecule has 4 amide bonds. The minimum absolute atomic E-state index is 0.0580. The lowest BCUT2D eigenvalue weighted by Crippen LogP contribution is -2.54. The number of nitrogens with one attached hydrogen (secondary N) is 1. The molecule has 1 aromatic rings. The van der Waals surface area contributed by atoms with Crippen LogP contribution in [0, 0.1) is 11.7 Å². The van der Waals surface area contributed by atoms with E-state index in [2.05, 4.69) is 12.2 Å². The van der Waals surface area contributed by atoms with Crippen LogP contribution in [-0.4, -0.2) is 46.3 Å². The summed E-state index contributed by atoms with van der Waals surface area (Å²) < 4.78 is 13.2. The molecule has 1 saturated carbocycles. The molecule has 1 heterocycles. The molecule has 3 rings (SSSR count). The highest BCUT2D eigenvalue weighted by atomic mass is 19.1. The molecule has 1 N–H and O–H groups in total. The van der Waals surface area contributed by atoms with E-state index in [0.29, 0.717) is 19.5 Å². The molecule has 0 aromatic heterocycles. The van der Waals surface area contributed by atoms with E-state index in [1.807, 2.05) is 6.92 Å². The van der Waals surface area contributed by atoms with Gasteiger partial charge in [0.05, 0.1) is 0 Å². The third-order valence-electron chi connectivity index (χ3n) is 6.47. The van der Waals surface area contributed by atoms with Crippen LogP contribution in [0.3, 0.4) is 0 Å². The van der Waals surface area contributed by atoms with Crippen molar-refractivity contribution < 1.29 is 18.8 Å². The number of unbranched alkanes of at least 4 members (excludes halogenated alkanes) is 2. The summed E-state index contributed by atoms with van der Waals surface area (Å²) in [4.78, 5) is 41.6. The largest absolute Gasteiger partial charge is 0.337 e. The number of hydrogen-bond acceptors (Lipinski definition) is 3. The van der Waals surface area contributed by atoms with Crippen molar-refractivity contribution in [1.82, 2.24) is 15.1 Å². The number of halogens is 1. The van der Waals surface area contributed by atoms with Crippen molar-refractivity contribution in [1.29, 1.82) is 0 Å². The average Bonchev–Trinajstić information content (AvgIpc) is 2.96. The van der Waals surface area contributed by atoms with Gasteiger partial charge in [0.25, 0.3) is 5.91 Å². The summed E-state index contributed by atoms with van der Waals surface area (Å²) in [6, 6.07) is 5.58. The molecule has 1 saturated heterocycles. The van der Waals surface area contributed by atoms with E-state index in [0.717, 1.165) is 49.0 Å². The van der Waals surface area contributed by atoms with Gasteiger partial charge in [0, 0.05) is 13.1 Å². The Bertz CT molecular complexity index is 782. The molecule has 1 spiro atoms. The molecule has 0 radical (unpaired) electrons. The third-order valence-corrected chi connectivity index (χ3v) is 6.47. The maximum absolute atomic E-state index is 13.2. The molecule has 1 aliphatic heterocycles. The van der Waals surface area contributed by atoms with E-state index in [9.17, 15) is 18.8 Å². The topological polar surface area (TPSA) is 69.7 Å². The van der Waals surface area contributed by atoms with Gasteiger partial charge in [-0.2, -0.15) is 0 Å². The Hall–Kier alpha value is -2.44. The Labute approximate surface area is 177 Å². The van der Waals surface area contributed by atoms with E-state index in [1.165, 1.54) is 12.1 Å². The monoisotopic (exact) mass is 417 g/mol. The van der Waals surface area contributed by atoms with E-state index in [4.69, 9.17) is 0 Å². The van der Waals surface area contributed by atoms with Crippen LogP contribution in [0.2, 0.25) is 0 Å². The maximum atomic E-state index is 13.2. The Kier molecular flexibility index (Phi) is 7.10. The SMILES string of the molecule is CCCCCN(Cc1ccc(F)cc1)C(=O)CN1C(=O)NC2(CCCCC2C)C1=O. The van der Waals surface area contributed by atoms with Crippen molar-refractivity contribution in [2.75, 3.05) is 13.1 Å². The molecular formula is C23H32FN3O3. The first kappa shape index (κ1) is 22.2. The molecule has 7 heteroatoms. The van der Waals surface area contributed by atoms with E-state index < -0.39 is 11.6 Å². The van der Waals surface area contributed by atoms with Crippen molar-refractivity contribution in [3.8, 4) is 0 Å². The zero-order valence-corrected chi connectivity index (χ0v) is 18.0. The molecule has 1 aliphatic carbocycles. The molecule has 2 fully saturated rings. The lowest BCUT2D eigenvalue weighted by molar-refractivity contribution is -0.141. The maximum Gasteiger partial charge on any atom is 0.325 e. The van der Waals surface area contributed by atoms with Crippen LogP contribution in [0.1, 0.15) is 64.4 Å². The van der Waals surface area contributed by atoms with E-state index in [-0.39, 0.29) is 30.1 Å². The molecule has 2 atom stereocenters. The van der Waals surface area contributed by atoms with Crippen molar-refractivity contribution >= 4 is 17.8 Å². The zero-order valence-electron chi connectivity index (χ0n) is 18.0. The van der Waals surface area contributed by atoms with Crippen LogP contribution < -0.4 is 5.32 Å². The number of urea groups is 1. The summed E-state index contributed by atoms with van der Waals surface area (Å²) in [5.74, 6) is -0.806. The molecule has 0 bridgehead atoms. The van der Waals surface area contributed by atoms with Gasteiger partial charge in [-0.25, -0.2) is 9.18 Å². The zero-order chi connectivity index (χ0) is 21.7. The van der Waals surface area contributed by atoms with Crippen molar-refractivity contribution in [2.24, 2.45) is 5.92 Å². The summed E-state index contributed by atoms with van der Waals surface area (Å²) in [6.07, 6.45) is 6.30. The number of carbonyl (C=O) groups is 3. The van der Waals surface area contributed by atoms with Crippen molar-refractivity contribution in [3.63, 3.8) is 0 Å². The predicted molar refractivity (Wildman–Crippen MR) is 112 cm³/mol. The number of carbonyl (C=O) groups excluding carboxylic acids is 3. The Morgan fingerprint density at radius 2 is 1.97 bits per heavy atom. The van der Waals surface area contributed by atoms with Gasteiger partial charge in [-0.1, -0.05) is 51.7 Å². The van der Waals surface area contributed by atoms with Gasteiger partial charge < -0.3 is 10.2 Å². The van der Waals surface area contributed by atoms with Crippen molar-refractivity contribution in [2.45, 2.75) is 70.9 Å². The Morgan fingerprint density at radius 1 is 1.23 bits per heavy atom. The smallest absolute Gasteiger partial charge is 0.325 e. The number of rotatable bonds is 8. The molecule has 164 valence electrons. The Morgan fingerprint density at radius 3 is 2.63 bits per heavy atom. The number of hydrogen-bond donors (Lipinski definition) is 1. The quantitative estimate of drug-likeness (QED) is 0.516. The minimum atomic E-state index is -0.861. The lowest BCUT2D eigenvalue weighted by Gasteiger charge is -2.36. The Balaban J connectivity index is 1.71. The van der Waals surface area contributed by atoms with Gasteiger partial charge in [-0.15, -0.1) is 0 Å². The van der Waals surface area contributed by atoms with Gasteiger partial charge in [-0.3, -0.25) is 14.5 Å². The highest BCUT2D eigenvalue weighted by molar-refractivity contribution is 6.09. The second-order valence-corrected chi connectivity index (χ2v) is 8.59. The second-order valence-electron chi connectivity index (χ2n) is 8.59. The highest BCUT2D eigenvalue weighted by Gasteiger charge is 2.55. The second kappa shape index (κ2) is 9.58. The number of imide groups is 1. The van der Waals surface area contributed by atoms with Crippen LogP contribution >= 0.6 is 0 Å². The fourth-order valence-electron chi connectivity index (χ4n) is 4.53. The average molecular weight is 418 g/mol. The fourth-order valence-corrected chi connectivity index (χ4v) is 4.53. The van der Waals surface area contributed by atoms with Crippen LogP contribution in [-0.2, 0) is 16.1 Å². The molecule has 6 nitrogen and oxygen atoms in total. The number of amides is 4. The van der Waals surface area contributed by atoms with Gasteiger partial charge in [0.1, 0.15) is 17.9 Å². The van der Waals surface area contributed by atoms with Crippen LogP contribution in [0.5, 0.6) is 0 Å². The van der Waals surface area contributed by atoms with Crippen molar-refractivity contribution in [3.05, 3.63) is 35.6 Å². The standard InChI is InChI=1S/C23H32FN3O3/c1-3-4-7-14-26(15-18-9-11-19(24)12-10-18)20(28)16-27-21(29)23(25-22(27)30)13-6-5-8-17(23)2/h9-12,17H,3-8,13-16H2,1-2H3,(H,25,30). The van der Waals surface area contributed by atoms with Gasteiger partial charge in [0.2, 0.25) is 5.91 Å². The summed E-state index contributed by atoms with van der Waals surface area (Å²) in [6.45, 7) is 4.69. The summed E-state index contributed by atoms with van der Waals surface area (Å²) in [5.41, 5.74) is -0.0459. The third kappa shape index (κ3) is 4.65. The highest BCUT2D eigenvalue weighted by Crippen LogP contribution is 2.38. The minimum Gasteiger partial charge on any atom is -0.337 e. The van der Waals surface area contributed by atoms with Gasteiger partial charge in [0.15, 0.2) is 0 Å².